The van der Waals surface area contributed by atoms with Crippen LogP contribution in [0.4, 0.5) is 0 Å². The Labute approximate surface area is 275 Å². The first-order valence-corrected chi connectivity index (χ1v) is 15.3. The smallest absolute Gasteiger partial charge is 0.310 e. The molecule has 1 saturated heterocycles. The van der Waals surface area contributed by atoms with Gasteiger partial charge in [-0.2, -0.15) is 0 Å². The number of esters is 1. The van der Waals surface area contributed by atoms with Gasteiger partial charge in [0.25, 0.3) is 5.91 Å². The lowest BCUT2D eigenvalue weighted by atomic mass is 9.65. The molecule has 0 aromatic heterocycles. The van der Waals surface area contributed by atoms with Crippen molar-refractivity contribution >= 4 is 29.3 Å². The van der Waals surface area contributed by atoms with Gasteiger partial charge in [-0.3, -0.25) is 14.4 Å². The maximum atomic E-state index is 13.8. The number of carbonyl (C=O) groups is 3. The van der Waals surface area contributed by atoms with Gasteiger partial charge in [-0.25, -0.2) is 0 Å². The van der Waals surface area contributed by atoms with E-state index in [-0.39, 0.29) is 31.1 Å². The van der Waals surface area contributed by atoms with Crippen LogP contribution in [0.5, 0.6) is 28.7 Å². The Hall–Kier alpha value is -5.22. The van der Waals surface area contributed by atoms with Gasteiger partial charge in [-0.15, -0.1) is 0 Å². The van der Waals surface area contributed by atoms with Gasteiger partial charge in [0.15, 0.2) is 28.8 Å². The number of amides is 1. The van der Waals surface area contributed by atoms with Crippen molar-refractivity contribution in [2.24, 2.45) is 11.8 Å². The van der Waals surface area contributed by atoms with Crippen molar-refractivity contribution in [3.8, 4) is 28.7 Å². The predicted molar refractivity (Wildman–Crippen MR) is 170 cm³/mol. The number of hydrogen-bond acceptors (Lipinski definition) is 9. The second-order valence-electron chi connectivity index (χ2n) is 11.5. The van der Waals surface area contributed by atoms with Crippen molar-refractivity contribution in [3.05, 3.63) is 111 Å². The summed E-state index contributed by atoms with van der Waals surface area (Å²) in [7, 11) is 4.60. The van der Waals surface area contributed by atoms with Gasteiger partial charge < -0.3 is 33.7 Å². The van der Waals surface area contributed by atoms with Crippen molar-refractivity contribution < 1.29 is 42.8 Å². The molecule has 1 fully saturated rings. The molecular formula is C36H30ClNO9. The highest BCUT2D eigenvalue weighted by atomic mass is 35.5. The zero-order chi connectivity index (χ0) is 32.8. The molecule has 4 aromatic carbocycles. The van der Waals surface area contributed by atoms with Crippen molar-refractivity contribution in [3.63, 3.8) is 0 Å². The average Bonchev–Trinajstić information content (AvgIpc) is 3.72. The van der Waals surface area contributed by atoms with Crippen molar-refractivity contribution in [2.75, 3.05) is 34.7 Å². The van der Waals surface area contributed by atoms with Crippen LogP contribution < -0.4 is 29.0 Å². The Morgan fingerprint density at radius 3 is 1.94 bits per heavy atom. The van der Waals surface area contributed by atoms with E-state index in [1.54, 1.807) is 48.5 Å². The molecule has 0 unspecified atom stereocenters. The van der Waals surface area contributed by atoms with Gasteiger partial charge in [0, 0.05) is 33.5 Å². The minimum atomic E-state index is -0.643. The number of carbonyl (C=O) groups excluding carboxylic acids is 3. The van der Waals surface area contributed by atoms with E-state index in [0.717, 1.165) is 16.7 Å². The van der Waals surface area contributed by atoms with Crippen LogP contribution in [-0.4, -0.2) is 52.4 Å². The Balaban J connectivity index is 1.26. The molecule has 4 atom stereocenters. The molecule has 0 spiro atoms. The maximum absolute atomic E-state index is 13.8. The lowest BCUT2D eigenvalue weighted by Gasteiger charge is -2.39. The third-order valence-corrected chi connectivity index (χ3v) is 9.29. The van der Waals surface area contributed by atoms with E-state index in [1.807, 2.05) is 24.3 Å². The number of nitrogens with one attached hydrogen (secondary N) is 1. The first kappa shape index (κ1) is 30.4. The zero-order valence-corrected chi connectivity index (χ0v) is 26.5. The van der Waals surface area contributed by atoms with Gasteiger partial charge in [0.1, 0.15) is 0 Å². The molecule has 7 rings (SSSR count). The molecule has 1 N–H and O–H groups in total. The molecule has 1 aliphatic carbocycles. The lowest BCUT2D eigenvalue weighted by Crippen LogP contribution is -2.42. The van der Waals surface area contributed by atoms with Crippen LogP contribution in [0.15, 0.2) is 72.8 Å². The molecule has 10 nitrogen and oxygen atoms in total. The van der Waals surface area contributed by atoms with Crippen molar-refractivity contribution in [2.45, 2.75) is 12.0 Å². The normalized spacial score (nSPS) is 20.5. The van der Waals surface area contributed by atoms with Crippen LogP contribution in [0.2, 0.25) is 5.02 Å². The molecule has 0 bridgehead atoms. The second-order valence-corrected chi connectivity index (χ2v) is 11.9. The van der Waals surface area contributed by atoms with Crippen LogP contribution in [0.3, 0.4) is 0 Å². The van der Waals surface area contributed by atoms with E-state index in [9.17, 15) is 14.4 Å². The summed E-state index contributed by atoms with van der Waals surface area (Å²) in [5.41, 5.74) is 3.58. The number of ether oxygens (including phenoxy) is 6. The molecule has 3 aliphatic rings. The Bertz CT molecular complexity index is 1870. The quantitative estimate of drug-likeness (QED) is 0.187. The minimum Gasteiger partial charge on any atom is -0.493 e. The molecule has 11 heteroatoms. The standard InChI is InChI=1S/C36H30ClNO9/c1-42-28-12-21(13-29(43-2)34(28)44-3)30-23-14-26-27(47-17-46-26)15-24(23)32(25-16-45-36(41)31(25)30)38-35(40)20-6-4-18(5-7-20)33(39)19-8-10-22(37)11-9-19/h4-15,25,30-32H,16-17H2,1-3H3,(H,38,40)/t25-,30-,31-,32-/m0/s1. The molecule has 4 aromatic rings. The van der Waals surface area contributed by atoms with E-state index < -0.39 is 23.8 Å². The molecule has 240 valence electrons. The summed E-state index contributed by atoms with van der Waals surface area (Å²) in [6.07, 6.45) is 0. The number of cyclic esters (lactones) is 1. The van der Waals surface area contributed by atoms with E-state index in [1.165, 1.54) is 21.3 Å². The van der Waals surface area contributed by atoms with Gasteiger partial charge in [0.2, 0.25) is 12.5 Å². The SMILES string of the molecule is COc1cc([C@H]2c3cc4c(cc3[C@H](NC(=O)c3ccc(C(=O)c5ccc(Cl)cc5)cc3)[C@H]3COC(=O)[C@H]23)OCO4)cc(OC)c1OC. The summed E-state index contributed by atoms with van der Waals surface area (Å²) in [5.74, 6) is -0.0671. The number of rotatable bonds is 8. The lowest BCUT2D eigenvalue weighted by molar-refractivity contribution is -0.141. The van der Waals surface area contributed by atoms with Crippen LogP contribution in [0.1, 0.15) is 54.9 Å². The first-order chi connectivity index (χ1) is 22.8. The van der Waals surface area contributed by atoms with Crippen molar-refractivity contribution in [1.29, 1.82) is 0 Å². The summed E-state index contributed by atoms with van der Waals surface area (Å²) in [6.45, 7) is 0.165. The number of fused-ring (bicyclic) bond motifs is 3. The van der Waals surface area contributed by atoms with Crippen molar-refractivity contribution in [1.82, 2.24) is 5.32 Å². The largest absolute Gasteiger partial charge is 0.493 e. The summed E-state index contributed by atoms with van der Waals surface area (Å²) >= 11 is 5.96. The van der Waals surface area contributed by atoms with E-state index in [4.69, 9.17) is 40.0 Å². The maximum Gasteiger partial charge on any atom is 0.310 e. The fourth-order valence-corrected chi connectivity index (χ4v) is 6.92. The molecular weight excluding hydrogens is 626 g/mol. The zero-order valence-electron chi connectivity index (χ0n) is 25.7. The number of ketones is 1. The highest BCUT2D eigenvalue weighted by molar-refractivity contribution is 6.30. The second kappa shape index (κ2) is 12.2. The van der Waals surface area contributed by atoms with E-state index >= 15 is 0 Å². The van der Waals surface area contributed by atoms with Gasteiger partial charge in [-0.1, -0.05) is 23.7 Å². The third-order valence-electron chi connectivity index (χ3n) is 9.04. The number of methoxy groups -OCH3 is 3. The molecule has 2 aliphatic heterocycles. The Morgan fingerprint density at radius 2 is 1.34 bits per heavy atom. The fourth-order valence-electron chi connectivity index (χ4n) is 6.79. The number of benzene rings is 4. The van der Waals surface area contributed by atoms with Gasteiger partial charge >= 0.3 is 5.97 Å². The molecule has 0 radical (unpaired) electrons. The number of hydrogen-bond donors (Lipinski definition) is 1. The minimum absolute atomic E-state index is 0.0556. The molecule has 0 saturated carbocycles. The summed E-state index contributed by atoms with van der Waals surface area (Å²) in [4.78, 5) is 40.2. The topological polar surface area (TPSA) is 119 Å². The summed E-state index contributed by atoms with van der Waals surface area (Å²) in [5, 5.41) is 3.70. The fraction of sp³-hybridized carbons (Fsp3) is 0.250. The van der Waals surface area contributed by atoms with Crippen LogP contribution in [0.25, 0.3) is 0 Å². The highest BCUT2D eigenvalue weighted by Crippen LogP contribution is 2.55. The van der Waals surface area contributed by atoms with Gasteiger partial charge in [-0.05, 0) is 77.4 Å². The Morgan fingerprint density at radius 1 is 0.766 bits per heavy atom. The summed E-state index contributed by atoms with van der Waals surface area (Å²) < 4.78 is 33.9. The predicted octanol–water partition coefficient (Wildman–Crippen LogP) is 5.73. The van der Waals surface area contributed by atoms with Crippen LogP contribution in [-0.2, 0) is 9.53 Å². The Kier molecular flexibility index (Phi) is 7.89. The first-order valence-electron chi connectivity index (χ1n) is 14.9. The molecule has 47 heavy (non-hydrogen) atoms. The highest BCUT2D eigenvalue weighted by Gasteiger charge is 2.53. The van der Waals surface area contributed by atoms with Crippen LogP contribution >= 0.6 is 11.6 Å². The van der Waals surface area contributed by atoms with E-state index in [2.05, 4.69) is 5.32 Å². The van der Waals surface area contributed by atoms with Gasteiger partial charge in [0.05, 0.1) is 39.9 Å². The molecule has 2 heterocycles. The summed E-state index contributed by atoms with van der Waals surface area (Å²) in [6, 6.07) is 19.8. The molecule has 1 amide bonds. The van der Waals surface area contributed by atoms with E-state index in [0.29, 0.717) is 50.5 Å². The third kappa shape index (κ3) is 5.28. The average molecular weight is 656 g/mol. The monoisotopic (exact) mass is 655 g/mol. The number of halogens is 1. The van der Waals surface area contributed by atoms with Crippen LogP contribution in [0, 0.1) is 11.8 Å².